The Balaban J connectivity index is 1.98. The fraction of sp³-hybridized carbons (Fsp3) is 0.400. The third kappa shape index (κ3) is 3.66. The summed E-state index contributed by atoms with van der Waals surface area (Å²) in [5.74, 6) is 0.492. The normalized spacial score (nSPS) is 12.4. The molecule has 1 atom stereocenters. The van der Waals surface area contributed by atoms with Crippen molar-refractivity contribution in [3.8, 4) is 0 Å². The molecule has 1 heterocycles. The van der Waals surface area contributed by atoms with Gasteiger partial charge in [0.25, 0.3) is 0 Å². The smallest absolute Gasteiger partial charge is 0.241 e. The van der Waals surface area contributed by atoms with Gasteiger partial charge in [-0.2, -0.15) is 0 Å². The molecule has 3 N–H and O–H groups in total. The molecular weight excluding hydrogens is 266 g/mol. The van der Waals surface area contributed by atoms with Crippen molar-refractivity contribution >= 4 is 5.91 Å². The lowest BCUT2D eigenvalue weighted by atomic mass is 10.1. The highest BCUT2D eigenvalue weighted by atomic mass is 16.2. The first-order valence-electron chi connectivity index (χ1n) is 6.97. The van der Waals surface area contributed by atoms with Gasteiger partial charge in [0.2, 0.25) is 5.91 Å². The van der Waals surface area contributed by atoms with Gasteiger partial charge in [-0.3, -0.25) is 4.79 Å². The highest BCUT2D eigenvalue weighted by molar-refractivity contribution is 5.82. The number of carbonyl (C=O) groups is 1. The standard InChI is InChI=1S/C15H21N5O/c1-10(2)20-9-18-19-13(20)8-17-15(21)14(16)12-6-4-11(3)5-7-12/h4-7,9-10,14H,8,16H2,1-3H3,(H,17,21). The largest absolute Gasteiger partial charge is 0.347 e. The van der Waals surface area contributed by atoms with Crippen LogP contribution in [-0.2, 0) is 11.3 Å². The van der Waals surface area contributed by atoms with E-state index in [0.717, 1.165) is 17.0 Å². The van der Waals surface area contributed by atoms with Crippen LogP contribution in [0, 0.1) is 6.92 Å². The minimum Gasteiger partial charge on any atom is -0.347 e. The van der Waals surface area contributed by atoms with E-state index in [2.05, 4.69) is 15.5 Å². The van der Waals surface area contributed by atoms with Gasteiger partial charge < -0.3 is 15.6 Å². The summed E-state index contributed by atoms with van der Waals surface area (Å²) < 4.78 is 1.91. The fourth-order valence-electron chi connectivity index (χ4n) is 2.03. The highest BCUT2D eigenvalue weighted by Crippen LogP contribution is 2.12. The van der Waals surface area contributed by atoms with Crippen LogP contribution in [0.15, 0.2) is 30.6 Å². The molecule has 0 aliphatic carbocycles. The molecule has 6 nitrogen and oxygen atoms in total. The van der Waals surface area contributed by atoms with E-state index >= 15 is 0 Å². The second-order valence-corrected chi connectivity index (χ2v) is 5.35. The van der Waals surface area contributed by atoms with Crippen molar-refractivity contribution in [1.82, 2.24) is 20.1 Å². The molecule has 0 saturated carbocycles. The third-order valence-corrected chi connectivity index (χ3v) is 3.34. The van der Waals surface area contributed by atoms with Crippen LogP contribution in [0.4, 0.5) is 0 Å². The molecule has 0 aliphatic heterocycles. The molecule has 0 radical (unpaired) electrons. The molecule has 21 heavy (non-hydrogen) atoms. The molecule has 1 aromatic heterocycles. The molecule has 0 aliphatic rings. The number of benzene rings is 1. The summed E-state index contributed by atoms with van der Waals surface area (Å²) in [6.07, 6.45) is 1.66. The molecule has 0 fully saturated rings. The van der Waals surface area contributed by atoms with Gasteiger partial charge in [0.1, 0.15) is 12.4 Å². The summed E-state index contributed by atoms with van der Waals surface area (Å²) in [4.78, 5) is 12.1. The van der Waals surface area contributed by atoms with E-state index in [4.69, 9.17) is 5.73 Å². The molecule has 1 unspecified atom stereocenters. The van der Waals surface area contributed by atoms with Gasteiger partial charge in [0.05, 0.1) is 6.54 Å². The Bertz CT molecular complexity index is 603. The van der Waals surface area contributed by atoms with Crippen molar-refractivity contribution in [2.24, 2.45) is 5.73 Å². The van der Waals surface area contributed by atoms with Crippen molar-refractivity contribution in [1.29, 1.82) is 0 Å². The van der Waals surface area contributed by atoms with Gasteiger partial charge in [-0.1, -0.05) is 29.8 Å². The van der Waals surface area contributed by atoms with E-state index < -0.39 is 6.04 Å². The van der Waals surface area contributed by atoms with Crippen LogP contribution in [0.1, 0.15) is 42.9 Å². The van der Waals surface area contributed by atoms with Crippen molar-refractivity contribution in [2.45, 2.75) is 39.4 Å². The number of hydrogen-bond donors (Lipinski definition) is 2. The number of hydrogen-bond acceptors (Lipinski definition) is 4. The minimum absolute atomic E-state index is 0.225. The molecule has 6 heteroatoms. The molecule has 0 saturated heterocycles. The monoisotopic (exact) mass is 287 g/mol. The minimum atomic E-state index is -0.680. The van der Waals surface area contributed by atoms with E-state index in [-0.39, 0.29) is 11.9 Å². The molecule has 2 rings (SSSR count). The average molecular weight is 287 g/mol. The van der Waals surface area contributed by atoms with Gasteiger partial charge in [0.15, 0.2) is 5.82 Å². The zero-order chi connectivity index (χ0) is 15.4. The second kappa shape index (κ2) is 6.49. The van der Waals surface area contributed by atoms with E-state index in [1.54, 1.807) is 6.33 Å². The zero-order valence-electron chi connectivity index (χ0n) is 12.6. The van der Waals surface area contributed by atoms with E-state index in [9.17, 15) is 4.79 Å². The summed E-state index contributed by atoms with van der Waals surface area (Å²) >= 11 is 0. The summed E-state index contributed by atoms with van der Waals surface area (Å²) in [5, 5.41) is 10.7. The Kier molecular flexibility index (Phi) is 4.70. The Morgan fingerprint density at radius 2 is 2.00 bits per heavy atom. The Morgan fingerprint density at radius 1 is 1.33 bits per heavy atom. The molecule has 1 aromatic carbocycles. The Hall–Kier alpha value is -2.21. The van der Waals surface area contributed by atoms with Crippen molar-refractivity contribution in [3.63, 3.8) is 0 Å². The topological polar surface area (TPSA) is 85.8 Å². The first-order chi connectivity index (χ1) is 9.99. The lowest BCUT2D eigenvalue weighted by molar-refractivity contribution is -0.122. The Labute approximate surface area is 124 Å². The van der Waals surface area contributed by atoms with Gasteiger partial charge in [-0.05, 0) is 26.3 Å². The second-order valence-electron chi connectivity index (χ2n) is 5.35. The van der Waals surface area contributed by atoms with Gasteiger partial charge in [0, 0.05) is 6.04 Å². The van der Waals surface area contributed by atoms with Crippen LogP contribution in [-0.4, -0.2) is 20.7 Å². The first-order valence-corrected chi connectivity index (χ1v) is 6.97. The van der Waals surface area contributed by atoms with Gasteiger partial charge >= 0.3 is 0 Å². The number of aryl methyl sites for hydroxylation is 1. The van der Waals surface area contributed by atoms with E-state index in [0.29, 0.717) is 6.54 Å². The van der Waals surface area contributed by atoms with Crippen LogP contribution in [0.2, 0.25) is 0 Å². The zero-order valence-corrected chi connectivity index (χ0v) is 12.6. The van der Waals surface area contributed by atoms with Crippen LogP contribution >= 0.6 is 0 Å². The van der Waals surface area contributed by atoms with Crippen molar-refractivity contribution in [3.05, 3.63) is 47.5 Å². The van der Waals surface area contributed by atoms with E-state index in [1.807, 2.05) is 49.6 Å². The van der Waals surface area contributed by atoms with E-state index in [1.165, 1.54) is 0 Å². The summed E-state index contributed by atoms with van der Waals surface area (Å²) in [6, 6.07) is 7.20. The maximum atomic E-state index is 12.1. The number of rotatable bonds is 5. The summed E-state index contributed by atoms with van der Waals surface area (Å²) in [5.41, 5.74) is 7.90. The molecular formula is C15H21N5O. The van der Waals surface area contributed by atoms with Crippen LogP contribution < -0.4 is 11.1 Å². The molecule has 0 bridgehead atoms. The summed E-state index contributed by atoms with van der Waals surface area (Å²) in [7, 11) is 0. The molecule has 112 valence electrons. The van der Waals surface area contributed by atoms with Crippen molar-refractivity contribution < 1.29 is 4.79 Å². The number of nitrogens with zero attached hydrogens (tertiary/aromatic N) is 3. The lowest BCUT2D eigenvalue weighted by Gasteiger charge is -2.14. The van der Waals surface area contributed by atoms with Crippen LogP contribution in [0.25, 0.3) is 0 Å². The first kappa shape index (κ1) is 15.2. The SMILES string of the molecule is Cc1ccc(C(N)C(=O)NCc2nncn2C(C)C)cc1. The predicted octanol–water partition coefficient (Wildman–Crippen LogP) is 1.48. The third-order valence-electron chi connectivity index (χ3n) is 3.34. The summed E-state index contributed by atoms with van der Waals surface area (Å²) in [6.45, 7) is 6.38. The average Bonchev–Trinajstić information content (AvgIpc) is 2.93. The quantitative estimate of drug-likeness (QED) is 0.872. The number of nitrogens with one attached hydrogen (secondary N) is 1. The molecule has 0 spiro atoms. The predicted molar refractivity (Wildman–Crippen MR) is 80.4 cm³/mol. The highest BCUT2D eigenvalue weighted by Gasteiger charge is 2.16. The fourth-order valence-corrected chi connectivity index (χ4v) is 2.03. The van der Waals surface area contributed by atoms with Gasteiger partial charge in [-0.25, -0.2) is 0 Å². The molecule has 1 amide bonds. The number of amides is 1. The molecule has 2 aromatic rings. The maximum absolute atomic E-state index is 12.1. The number of aromatic nitrogens is 3. The van der Waals surface area contributed by atoms with Crippen molar-refractivity contribution in [2.75, 3.05) is 0 Å². The number of carbonyl (C=O) groups excluding carboxylic acids is 1. The van der Waals surface area contributed by atoms with Crippen LogP contribution in [0.3, 0.4) is 0 Å². The Morgan fingerprint density at radius 3 is 2.62 bits per heavy atom. The lowest BCUT2D eigenvalue weighted by Crippen LogP contribution is -2.34. The van der Waals surface area contributed by atoms with Gasteiger partial charge in [-0.15, -0.1) is 10.2 Å². The number of nitrogens with two attached hydrogens (primary N) is 1. The van der Waals surface area contributed by atoms with Crippen LogP contribution in [0.5, 0.6) is 0 Å². The maximum Gasteiger partial charge on any atom is 0.241 e.